The summed E-state index contributed by atoms with van der Waals surface area (Å²) in [6.45, 7) is 9.17. The zero-order chi connectivity index (χ0) is 26.3. The Bertz CT molecular complexity index is 1280. The molecule has 0 saturated heterocycles. The summed E-state index contributed by atoms with van der Waals surface area (Å²) < 4.78 is 42.7. The first kappa shape index (κ1) is 25.8. The van der Waals surface area contributed by atoms with Gasteiger partial charge < -0.3 is 14.8 Å². The van der Waals surface area contributed by atoms with E-state index in [4.69, 9.17) is 9.47 Å². The topological polar surface area (TPSA) is 132 Å². The molecule has 4 rings (SSSR count). The van der Waals surface area contributed by atoms with E-state index in [1.165, 1.54) is 11.2 Å². The predicted molar refractivity (Wildman–Crippen MR) is 134 cm³/mol. The van der Waals surface area contributed by atoms with E-state index in [1.54, 1.807) is 50.6 Å². The minimum absolute atomic E-state index is 0.0183. The lowest BCUT2D eigenvalue weighted by Crippen LogP contribution is -2.48. The number of rotatable bonds is 5. The maximum atomic E-state index is 14.1. The Morgan fingerprint density at radius 1 is 1.25 bits per heavy atom. The Labute approximate surface area is 211 Å². The van der Waals surface area contributed by atoms with E-state index in [9.17, 15) is 18.0 Å². The predicted octanol–water partition coefficient (Wildman–Crippen LogP) is 2.97. The molecular formula is C24H33N5O6S. The van der Waals surface area contributed by atoms with Crippen LogP contribution in [0.15, 0.2) is 23.1 Å². The smallest absolute Gasteiger partial charge is 0.412 e. The van der Waals surface area contributed by atoms with E-state index in [0.717, 1.165) is 12.8 Å². The Kier molecular flexibility index (Phi) is 6.91. The quantitative estimate of drug-likeness (QED) is 0.621. The van der Waals surface area contributed by atoms with Gasteiger partial charge in [0, 0.05) is 19.2 Å². The van der Waals surface area contributed by atoms with Crippen LogP contribution in [-0.4, -0.2) is 55.0 Å². The summed E-state index contributed by atoms with van der Waals surface area (Å²) in [6, 6.07) is 4.77. The van der Waals surface area contributed by atoms with Crippen molar-refractivity contribution in [3.8, 4) is 5.75 Å². The van der Waals surface area contributed by atoms with Gasteiger partial charge in [-0.2, -0.15) is 5.10 Å². The highest BCUT2D eigenvalue weighted by Crippen LogP contribution is 2.40. The Hall–Kier alpha value is -3.28. The number of benzene rings is 1. The molecule has 0 unspecified atom stereocenters. The average Bonchev–Trinajstić information content (AvgIpc) is 3.12. The van der Waals surface area contributed by atoms with Crippen LogP contribution in [0.1, 0.15) is 51.9 Å². The molecular weight excluding hydrogens is 486 g/mol. The number of carbonyl (C=O) groups is 2. The first-order chi connectivity index (χ1) is 16.8. The molecule has 1 atom stereocenters. The van der Waals surface area contributed by atoms with Gasteiger partial charge >= 0.3 is 6.09 Å². The van der Waals surface area contributed by atoms with Crippen molar-refractivity contribution >= 4 is 33.4 Å². The van der Waals surface area contributed by atoms with Gasteiger partial charge in [-0.1, -0.05) is 0 Å². The zero-order valence-electron chi connectivity index (χ0n) is 21.3. The van der Waals surface area contributed by atoms with Gasteiger partial charge in [0.05, 0.1) is 30.2 Å². The van der Waals surface area contributed by atoms with E-state index < -0.39 is 27.8 Å². The third-order valence-corrected chi connectivity index (χ3v) is 7.84. The third-order valence-electron chi connectivity index (χ3n) is 5.87. The molecule has 196 valence electrons. The molecule has 0 saturated carbocycles. The number of sulfonamides is 1. The molecule has 1 aromatic carbocycles. The largest absolute Gasteiger partial charge is 0.484 e. The molecule has 36 heavy (non-hydrogen) atoms. The number of amides is 2. The summed E-state index contributed by atoms with van der Waals surface area (Å²) >= 11 is 0. The monoisotopic (exact) mass is 519 g/mol. The fraction of sp³-hybridized carbons (Fsp3) is 0.542. The summed E-state index contributed by atoms with van der Waals surface area (Å²) in [5, 5.41) is 9.84. The van der Waals surface area contributed by atoms with Gasteiger partial charge in [0.15, 0.2) is 0 Å². The normalized spacial score (nSPS) is 17.5. The molecule has 11 nitrogen and oxygen atoms in total. The molecule has 2 aliphatic rings. The van der Waals surface area contributed by atoms with Gasteiger partial charge in [0.1, 0.15) is 22.4 Å². The number of carbonyl (C=O) groups excluding carboxylic acids is 2. The van der Waals surface area contributed by atoms with Crippen LogP contribution in [-0.2, 0) is 32.5 Å². The van der Waals surface area contributed by atoms with Gasteiger partial charge in [-0.3, -0.25) is 19.1 Å². The Morgan fingerprint density at radius 2 is 2.00 bits per heavy atom. The van der Waals surface area contributed by atoms with Crippen LogP contribution >= 0.6 is 0 Å². The van der Waals surface area contributed by atoms with Gasteiger partial charge in [0.25, 0.3) is 10.0 Å². The molecule has 0 spiro atoms. The molecule has 2 amide bonds. The van der Waals surface area contributed by atoms with Crippen LogP contribution in [0.3, 0.4) is 0 Å². The molecule has 12 heteroatoms. The molecule has 3 heterocycles. The van der Waals surface area contributed by atoms with Crippen LogP contribution in [0.2, 0.25) is 0 Å². The Morgan fingerprint density at radius 3 is 2.69 bits per heavy atom. The van der Waals surface area contributed by atoms with E-state index >= 15 is 0 Å². The number of aromatic nitrogens is 2. The third kappa shape index (κ3) is 5.43. The van der Waals surface area contributed by atoms with Crippen LogP contribution in [0.25, 0.3) is 0 Å². The van der Waals surface area contributed by atoms with E-state index in [2.05, 4.69) is 15.7 Å². The number of ether oxygens (including phenoxy) is 2. The van der Waals surface area contributed by atoms with Crippen molar-refractivity contribution in [2.45, 2.75) is 77.0 Å². The van der Waals surface area contributed by atoms with Crippen molar-refractivity contribution in [3.63, 3.8) is 0 Å². The molecule has 0 radical (unpaired) electrons. The zero-order valence-corrected chi connectivity index (χ0v) is 22.1. The number of fused-ring (bicyclic) bond motifs is 2. The number of hydrogen-bond donors (Lipinski definition) is 2. The van der Waals surface area contributed by atoms with Crippen molar-refractivity contribution in [3.05, 3.63) is 29.6 Å². The average molecular weight is 520 g/mol. The molecule has 2 N–H and O–H groups in total. The minimum atomic E-state index is -4.04. The van der Waals surface area contributed by atoms with E-state index in [1.807, 2.05) is 0 Å². The SMILES string of the molecule is CC(=O)NC[C@H]1CN(S(=O)(=O)c2c(C)nn3c2CCCC3)c2cc(NC(=O)OC(C)(C)C)ccc2O1. The molecule has 0 fully saturated rings. The number of nitrogens with zero attached hydrogens (tertiary/aromatic N) is 3. The standard InChI is InChI=1S/C24H33N5O6S/c1-15-22(19-8-6-7-11-28(19)27-15)36(32,33)29-14-18(13-25-16(2)30)34-21-10-9-17(12-20(21)29)26-23(31)35-24(3,4)5/h9-10,12,18H,6-8,11,13-14H2,1-5H3,(H,25,30)(H,26,31)/t18-/m0/s1. The van der Waals surface area contributed by atoms with Gasteiger partial charge in [-0.15, -0.1) is 0 Å². The lowest BCUT2D eigenvalue weighted by Gasteiger charge is -2.36. The fourth-order valence-corrected chi connectivity index (χ4v) is 6.35. The van der Waals surface area contributed by atoms with Crippen molar-refractivity contribution in [1.82, 2.24) is 15.1 Å². The summed E-state index contributed by atoms with van der Waals surface area (Å²) in [6.07, 6.45) is 1.21. The van der Waals surface area contributed by atoms with E-state index in [-0.39, 0.29) is 29.6 Å². The van der Waals surface area contributed by atoms with Crippen molar-refractivity contribution in [1.29, 1.82) is 0 Å². The van der Waals surface area contributed by atoms with Crippen LogP contribution in [0.5, 0.6) is 5.75 Å². The Balaban J connectivity index is 1.73. The second kappa shape index (κ2) is 9.64. The highest BCUT2D eigenvalue weighted by Gasteiger charge is 2.39. The highest BCUT2D eigenvalue weighted by atomic mass is 32.2. The van der Waals surface area contributed by atoms with Gasteiger partial charge in [0.2, 0.25) is 5.91 Å². The first-order valence-electron chi connectivity index (χ1n) is 12.0. The molecule has 0 aliphatic carbocycles. The second-order valence-electron chi connectivity index (χ2n) is 10.1. The molecule has 2 aromatic rings. The first-order valence-corrected chi connectivity index (χ1v) is 13.4. The number of anilines is 2. The van der Waals surface area contributed by atoms with Crippen molar-refractivity contribution in [2.75, 3.05) is 22.7 Å². The summed E-state index contributed by atoms with van der Waals surface area (Å²) in [4.78, 5) is 24.0. The number of nitrogens with one attached hydrogen (secondary N) is 2. The summed E-state index contributed by atoms with van der Waals surface area (Å²) in [5.41, 5.74) is 1.11. The minimum Gasteiger partial charge on any atom is -0.484 e. The summed E-state index contributed by atoms with van der Waals surface area (Å²) in [7, 11) is -4.04. The van der Waals surface area contributed by atoms with Crippen LogP contribution < -0.4 is 19.7 Å². The maximum absolute atomic E-state index is 14.1. The van der Waals surface area contributed by atoms with Crippen molar-refractivity contribution in [2.24, 2.45) is 0 Å². The molecule has 0 bridgehead atoms. The van der Waals surface area contributed by atoms with Crippen molar-refractivity contribution < 1.29 is 27.5 Å². The van der Waals surface area contributed by atoms with Crippen LogP contribution in [0.4, 0.5) is 16.2 Å². The second-order valence-corrected chi connectivity index (χ2v) is 11.9. The maximum Gasteiger partial charge on any atom is 0.412 e. The van der Waals surface area contributed by atoms with E-state index in [0.29, 0.717) is 35.8 Å². The van der Waals surface area contributed by atoms with Crippen LogP contribution in [0, 0.1) is 6.92 Å². The lowest BCUT2D eigenvalue weighted by atomic mass is 10.1. The molecule has 1 aromatic heterocycles. The number of hydrogen-bond acceptors (Lipinski definition) is 7. The fourth-order valence-electron chi connectivity index (χ4n) is 4.44. The van der Waals surface area contributed by atoms with Gasteiger partial charge in [-0.05, 0) is 65.2 Å². The lowest BCUT2D eigenvalue weighted by molar-refractivity contribution is -0.119. The number of aryl methyl sites for hydroxylation is 2. The summed E-state index contributed by atoms with van der Waals surface area (Å²) in [5.74, 6) is 0.0888. The molecule has 2 aliphatic heterocycles. The van der Waals surface area contributed by atoms with Gasteiger partial charge in [-0.25, -0.2) is 13.2 Å². The highest BCUT2D eigenvalue weighted by molar-refractivity contribution is 7.93.